The van der Waals surface area contributed by atoms with Crippen molar-refractivity contribution in [3.63, 3.8) is 0 Å². The van der Waals surface area contributed by atoms with E-state index in [0.29, 0.717) is 24.8 Å². The zero-order valence-electron chi connectivity index (χ0n) is 13.9. The van der Waals surface area contributed by atoms with Gasteiger partial charge >= 0.3 is 0 Å². The van der Waals surface area contributed by atoms with Gasteiger partial charge in [0.25, 0.3) is 0 Å². The summed E-state index contributed by atoms with van der Waals surface area (Å²) < 4.78 is 28.9. The second-order valence-electron chi connectivity index (χ2n) is 7.13. The molecular weight excluding hydrogens is 429 g/mol. The quantitative estimate of drug-likeness (QED) is 0.357. The first-order valence-corrected chi connectivity index (χ1v) is 10.3. The molecule has 2 saturated heterocycles. The van der Waals surface area contributed by atoms with Crippen molar-refractivity contribution in [2.24, 2.45) is 10.4 Å². The van der Waals surface area contributed by atoms with Crippen molar-refractivity contribution in [3.8, 4) is 0 Å². The van der Waals surface area contributed by atoms with Crippen LogP contribution >= 0.6 is 24.0 Å². The zero-order valence-corrected chi connectivity index (χ0v) is 17.0. The van der Waals surface area contributed by atoms with Crippen LogP contribution in [0.2, 0.25) is 0 Å². The smallest absolute Gasteiger partial charge is 0.191 e. The van der Waals surface area contributed by atoms with Gasteiger partial charge in [-0.1, -0.05) is 0 Å². The van der Waals surface area contributed by atoms with Gasteiger partial charge in [0.15, 0.2) is 5.96 Å². The number of hydrogen-bond acceptors (Lipinski definition) is 4. The molecule has 2 bridgehead atoms. The molecule has 0 amide bonds. The molecule has 2 aliphatic heterocycles. The predicted molar refractivity (Wildman–Crippen MR) is 102 cm³/mol. The summed E-state index contributed by atoms with van der Waals surface area (Å²) in [5, 5.41) is 6.74. The third kappa shape index (κ3) is 5.19. The number of halogens is 1. The van der Waals surface area contributed by atoms with Crippen molar-refractivity contribution in [2.75, 3.05) is 25.1 Å². The van der Waals surface area contributed by atoms with Crippen LogP contribution in [0.25, 0.3) is 0 Å². The summed E-state index contributed by atoms with van der Waals surface area (Å²) >= 11 is 0. The van der Waals surface area contributed by atoms with Crippen LogP contribution in [0.1, 0.15) is 39.0 Å². The molecule has 8 heteroatoms. The molecule has 3 fully saturated rings. The number of nitrogens with zero attached hydrogens (tertiary/aromatic N) is 1. The molecule has 3 atom stereocenters. The van der Waals surface area contributed by atoms with Gasteiger partial charge in [0.1, 0.15) is 9.84 Å². The van der Waals surface area contributed by atoms with E-state index in [4.69, 9.17) is 4.74 Å². The first-order chi connectivity index (χ1) is 10.4. The average molecular weight is 457 g/mol. The van der Waals surface area contributed by atoms with Crippen LogP contribution in [0.4, 0.5) is 0 Å². The maximum absolute atomic E-state index is 11.5. The molecule has 3 aliphatic rings. The second kappa shape index (κ2) is 7.43. The van der Waals surface area contributed by atoms with Crippen LogP contribution in [0.3, 0.4) is 0 Å². The van der Waals surface area contributed by atoms with Crippen LogP contribution in [0.5, 0.6) is 0 Å². The lowest BCUT2D eigenvalue weighted by molar-refractivity contribution is 0.0992. The second-order valence-corrected chi connectivity index (χ2v) is 9.27. The fourth-order valence-electron chi connectivity index (χ4n) is 3.61. The Labute approximate surface area is 156 Å². The molecule has 0 aromatic heterocycles. The molecule has 0 aromatic rings. The minimum atomic E-state index is -2.94. The standard InChI is InChI=1S/C15H27N3O3S.HI/c1-3-16-14(18-12-8-11-4-5-13(12)21-11)17-9-15(6-7-15)10-22(2,19)20;/h11-13H,3-10H2,1-2H3,(H2,16,17,18);1H. The topological polar surface area (TPSA) is 79.8 Å². The van der Waals surface area contributed by atoms with E-state index in [1.165, 1.54) is 12.7 Å². The molecule has 1 aliphatic carbocycles. The monoisotopic (exact) mass is 457 g/mol. The highest BCUT2D eigenvalue weighted by Crippen LogP contribution is 2.46. The SMILES string of the molecule is CCNC(=NCC1(CS(C)(=O)=O)CC1)NC1CC2CCC1O2.I. The van der Waals surface area contributed by atoms with Gasteiger partial charge in [0, 0.05) is 24.8 Å². The summed E-state index contributed by atoms with van der Waals surface area (Å²) in [6.45, 7) is 3.42. The summed E-state index contributed by atoms with van der Waals surface area (Å²) in [5.41, 5.74) is -0.124. The molecule has 23 heavy (non-hydrogen) atoms. The van der Waals surface area contributed by atoms with E-state index in [1.807, 2.05) is 6.92 Å². The predicted octanol–water partition coefficient (Wildman–Crippen LogP) is 1.30. The van der Waals surface area contributed by atoms with E-state index in [2.05, 4.69) is 15.6 Å². The van der Waals surface area contributed by atoms with Gasteiger partial charge in [-0.2, -0.15) is 0 Å². The van der Waals surface area contributed by atoms with Crippen LogP contribution in [-0.2, 0) is 14.6 Å². The number of guanidine groups is 1. The number of aliphatic imine (C=N–C) groups is 1. The zero-order chi connectivity index (χ0) is 15.8. The Kier molecular flexibility index (Phi) is 6.21. The van der Waals surface area contributed by atoms with Crippen molar-refractivity contribution in [1.82, 2.24) is 10.6 Å². The Hall–Kier alpha value is -0.0900. The molecule has 3 unspecified atom stereocenters. The van der Waals surface area contributed by atoms with Gasteiger partial charge in [-0.25, -0.2) is 8.42 Å². The fraction of sp³-hybridized carbons (Fsp3) is 0.933. The third-order valence-corrected chi connectivity index (χ3v) is 6.01. The highest BCUT2D eigenvalue weighted by molar-refractivity contribution is 14.0. The minimum Gasteiger partial charge on any atom is -0.373 e. The maximum atomic E-state index is 11.5. The van der Waals surface area contributed by atoms with Crippen LogP contribution < -0.4 is 10.6 Å². The van der Waals surface area contributed by atoms with Gasteiger partial charge < -0.3 is 15.4 Å². The van der Waals surface area contributed by atoms with Gasteiger partial charge in [-0.3, -0.25) is 4.99 Å². The van der Waals surface area contributed by atoms with Gasteiger partial charge in [-0.15, -0.1) is 24.0 Å². The number of hydrogen-bond donors (Lipinski definition) is 2. The van der Waals surface area contributed by atoms with Gasteiger partial charge in [0.05, 0.1) is 24.0 Å². The number of sulfone groups is 1. The Balaban J connectivity index is 0.00000192. The Bertz CT molecular complexity index is 548. The largest absolute Gasteiger partial charge is 0.373 e. The van der Waals surface area contributed by atoms with Crippen LogP contribution in [0, 0.1) is 5.41 Å². The summed E-state index contributed by atoms with van der Waals surface area (Å²) in [6, 6.07) is 0.335. The third-order valence-electron chi connectivity index (χ3n) is 4.87. The fourth-order valence-corrected chi connectivity index (χ4v) is 5.11. The van der Waals surface area contributed by atoms with E-state index < -0.39 is 9.84 Å². The molecule has 1 saturated carbocycles. The minimum absolute atomic E-state index is 0. The molecule has 3 rings (SSSR count). The lowest BCUT2D eigenvalue weighted by Gasteiger charge is -2.23. The number of nitrogens with one attached hydrogen (secondary N) is 2. The summed E-state index contributed by atoms with van der Waals surface area (Å²) in [5.74, 6) is 1.04. The van der Waals surface area contributed by atoms with Crippen LogP contribution in [-0.4, -0.2) is 57.7 Å². The molecule has 2 N–H and O–H groups in total. The van der Waals surface area contributed by atoms with E-state index in [-0.39, 0.29) is 35.1 Å². The lowest BCUT2D eigenvalue weighted by atomic mass is 9.96. The molecule has 0 aromatic carbocycles. The van der Waals surface area contributed by atoms with E-state index in [1.54, 1.807) is 0 Å². The summed E-state index contributed by atoms with van der Waals surface area (Å²) in [4.78, 5) is 4.65. The van der Waals surface area contributed by atoms with E-state index in [0.717, 1.165) is 38.2 Å². The maximum Gasteiger partial charge on any atom is 0.191 e. The first-order valence-electron chi connectivity index (χ1n) is 8.27. The Morgan fingerprint density at radius 1 is 1.35 bits per heavy atom. The molecule has 2 heterocycles. The van der Waals surface area contributed by atoms with Crippen molar-refractivity contribution < 1.29 is 13.2 Å². The number of fused-ring (bicyclic) bond motifs is 2. The van der Waals surface area contributed by atoms with Crippen molar-refractivity contribution in [3.05, 3.63) is 0 Å². The Morgan fingerprint density at radius 2 is 2.09 bits per heavy atom. The molecule has 0 radical (unpaired) electrons. The molecular formula is C15H28IN3O3S. The number of ether oxygens (including phenoxy) is 1. The van der Waals surface area contributed by atoms with E-state index in [9.17, 15) is 8.42 Å². The van der Waals surface area contributed by atoms with Crippen LogP contribution in [0.15, 0.2) is 4.99 Å². The average Bonchev–Trinajstić information content (AvgIpc) is 2.87. The molecule has 134 valence electrons. The number of rotatable bonds is 6. The Morgan fingerprint density at radius 3 is 2.57 bits per heavy atom. The lowest BCUT2D eigenvalue weighted by Crippen LogP contribution is -2.47. The molecule has 6 nitrogen and oxygen atoms in total. The van der Waals surface area contributed by atoms with Crippen molar-refractivity contribution >= 4 is 39.8 Å². The summed E-state index contributed by atoms with van der Waals surface area (Å²) in [6.07, 6.45) is 7.29. The normalized spacial score (nSPS) is 31.6. The first kappa shape index (κ1) is 19.2. The highest BCUT2D eigenvalue weighted by Gasteiger charge is 2.45. The van der Waals surface area contributed by atoms with Crippen molar-refractivity contribution in [1.29, 1.82) is 0 Å². The van der Waals surface area contributed by atoms with Crippen molar-refractivity contribution in [2.45, 2.75) is 57.3 Å². The molecule has 0 spiro atoms. The highest BCUT2D eigenvalue weighted by atomic mass is 127. The van der Waals surface area contributed by atoms with E-state index >= 15 is 0 Å². The summed E-state index contributed by atoms with van der Waals surface area (Å²) in [7, 11) is -2.94. The van der Waals surface area contributed by atoms with Gasteiger partial charge in [0.2, 0.25) is 0 Å². The van der Waals surface area contributed by atoms with Gasteiger partial charge in [-0.05, 0) is 39.0 Å².